The number of aryl methyl sites for hydroxylation is 2. The van der Waals surface area contributed by atoms with Gasteiger partial charge in [-0.2, -0.15) is 5.10 Å². The van der Waals surface area contributed by atoms with Gasteiger partial charge in [-0.15, -0.1) is 0 Å². The molecule has 18 heavy (non-hydrogen) atoms. The highest BCUT2D eigenvalue weighted by molar-refractivity contribution is 9.08. The van der Waals surface area contributed by atoms with E-state index in [1.807, 2.05) is 4.68 Å². The Kier molecular flexibility index (Phi) is 4.33. The molecule has 1 fully saturated rings. The molecule has 0 radical (unpaired) electrons. The van der Waals surface area contributed by atoms with Crippen molar-refractivity contribution in [1.29, 1.82) is 0 Å². The quantitative estimate of drug-likeness (QED) is 0.782. The van der Waals surface area contributed by atoms with E-state index in [9.17, 15) is 0 Å². The number of hydrogen-bond donors (Lipinski definition) is 0. The fraction of sp³-hybridized carbons (Fsp3) is 0.769. The predicted octanol–water partition coefficient (Wildman–Crippen LogP) is 2.15. The minimum Gasteiger partial charge on any atom is -0.353 e. The summed E-state index contributed by atoms with van der Waals surface area (Å²) in [6.45, 7) is 7.81. The van der Waals surface area contributed by atoms with Gasteiger partial charge in [0.15, 0.2) is 0 Å². The first-order valence-electron chi connectivity index (χ1n) is 6.58. The molecule has 2 rings (SSSR count). The zero-order chi connectivity index (χ0) is 13.3. The van der Waals surface area contributed by atoms with Crippen molar-refractivity contribution in [2.24, 2.45) is 7.05 Å². The Morgan fingerprint density at radius 2 is 2.06 bits per heavy atom. The summed E-state index contributed by atoms with van der Waals surface area (Å²) >= 11 is 3.60. The second-order valence-electron chi connectivity index (χ2n) is 5.30. The van der Waals surface area contributed by atoms with Gasteiger partial charge in [0.1, 0.15) is 5.82 Å². The minimum atomic E-state index is 0.532. The molecule has 0 saturated carbocycles. The molecule has 5 heteroatoms. The summed E-state index contributed by atoms with van der Waals surface area (Å²) < 4.78 is 2.04. The number of hydrogen-bond acceptors (Lipinski definition) is 3. The standard InChI is InChI=1S/C13H23BrN4/c1-10-9-16(3)6-5-7-18(10)13-12(8-14)11(2)15-17(13)4/h10H,5-9H2,1-4H3. The van der Waals surface area contributed by atoms with Crippen LogP contribution in [0.25, 0.3) is 0 Å². The second-order valence-corrected chi connectivity index (χ2v) is 5.86. The van der Waals surface area contributed by atoms with Crippen LogP contribution in [0.1, 0.15) is 24.6 Å². The Morgan fingerprint density at radius 3 is 2.72 bits per heavy atom. The fourth-order valence-corrected chi connectivity index (χ4v) is 3.55. The van der Waals surface area contributed by atoms with Crippen LogP contribution in [-0.2, 0) is 12.4 Å². The topological polar surface area (TPSA) is 24.3 Å². The van der Waals surface area contributed by atoms with Gasteiger partial charge in [0.05, 0.1) is 5.69 Å². The number of anilines is 1. The molecular weight excluding hydrogens is 292 g/mol. The maximum absolute atomic E-state index is 4.57. The van der Waals surface area contributed by atoms with Gasteiger partial charge in [0, 0.05) is 37.1 Å². The average molecular weight is 315 g/mol. The van der Waals surface area contributed by atoms with Gasteiger partial charge >= 0.3 is 0 Å². The van der Waals surface area contributed by atoms with Gasteiger partial charge in [0.2, 0.25) is 0 Å². The summed E-state index contributed by atoms with van der Waals surface area (Å²) in [5, 5.41) is 5.45. The van der Waals surface area contributed by atoms with Gasteiger partial charge in [-0.25, -0.2) is 0 Å². The fourth-order valence-electron chi connectivity index (χ4n) is 2.89. The number of alkyl halides is 1. The van der Waals surface area contributed by atoms with E-state index in [-0.39, 0.29) is 0 Å². The van der Waals surface area contributed by atoms with Crippen LogP contribution in [-0.4, -0.2) is 47.4 Å². The van der Waals surface area contributed by atoms with Crippen molar-refractivity contribution in [3.63, 3.8) is 0 Å². The minimum absolute atomic E-state index is 0.532. The molecule has 2 heterocycles. The maximum atomic E-state index is 4.57. The molecular formula is C13H23BrN4. The number of likely N-dealkylation sites (N-methyl/N-ethyl adjacent to an activating group) is 1. The van der Waals surface area contributed by atoms with Crippen LogP contribution in [0.4, 0.5) is 5.82 Å². The third kappa shape index (κ3) is 2.57. The molecule has 102 valence electrons. The Labute approximate surface area is 118 Å². The van der Waals surface area contributed by atoms with Gasteiger partial charge in [0.25, 0.3) is 0 Å². The lowest BCUT2D eigenvalue weighted by Crippen LogP contribution is -2.39. The summed E-state index contributed by atoms with van der Waals surface area (Å²) in [5.41, 5.74) is 2.46. The average Bonchev–Trinajstić information content (AvgIpc) is 2.47. The second kappa shape index (κ2) is 5.61. The van der Waals surface area contributed by atoms with Crippen LogP contribution in [0.3, 0.4) is 0 Å². The highest BCUT2D eigenvalue weighted by atomic mass is 79.9. The van der Waals surface area contributed by atoms with E-state index < -0.39 is 0 Å². The summed E-state index contributed by atoms with van der Waals surface area (Å²) in [6, 6.07) is 0.532. The number of rotatable bonds is 2. The number of nitrogens with zero attached hydrogens (tertiary/aromatic N) is 4. The first kappa shape index (κ1) is 13.9. The Bertz CT molecular complexity index is 415. The highest BCUT2D eigenvalue weighted by Crippen LogP contribution is 2.28. The van der Waals surface area contributed by atoms with E-state index in [0.717, 1.165) is 24.1 Å². The predicted molar refractivity (Wildman–Crippen MR) is 79.5 cm³/mol. The van der Waals surface area contributed by atoms with E-state index in [1.54, 1.807) is 0 Å². The molecule has 0 bridgehead atoms. The summed E-state index contributed by atoms with van der Waals surface area (Å²) in [7, 11) is 4.26. The van der Waals surface area contributed by atoms with Crippen LogP contribution >= 0.6 is 15.9 Å². The van der Waals surface area contributed by atoms with E-state index in [1.165, 1.54) is 24.3 Å². The normalized spacial score (nSPS) is 22.3. The van der Waals surface area contributed by atoms with E-state index in [0.29, 0.717) is 6.04 Å². The zero-order valence-corrected chi connectivity index (χ0v) is 13.4. The zero-order valence-electron chi connectivity index (χ0n) is 11.8. The molecule has 1 aromatic heterocycles. The molecule has 1 aliphatic rings. The Hall–Kier alpha value is -0.550. The molecule has 0 aromatic carbocycles. The molecule has 4 nitrogen and oxygen atoms in total. The number of aromatic nitrogens is 2. The van der Waals surface area contributed by atoms with Crippen molar-refractivity contribution >= 4 is 21.7 Å². The van der Waals surface area contributed by atoms with Crippen LogP contribution in [0.15, 0.2) is 0 Å². The Morgan fingerprint density at radius 1 is 1.33 bits per heavy atom. The molecule has 1 unspecified atom stereocenters. The molecule has 1 aromatic rings. The lowest BCUT2D eigenvalue weighted by Gasteiger charge is -2.30. The van der Waals surface area contributed by atoms with Crippen LogP contribution in [0.5, 0.6) is 0 Å². The Balaban J connectivity index is 2.34. The van der Waals surface area contributed by atoms with Crippen LogP contribution in [0.2, 0.25) is 0 Å². The van der Waals surface area contributed by atoms with Crippen molar-refractivity contribution in [3.05, 3.63) is 11.3 Å². The first-order chi connectivity index (χ1) is 8.54. The van der Waals surface area contributed by atoms with E-state index in [4.69, 9.17) is 0 Å². The van der Waals surface area contributed by atoms with E-state index >= 15 is 0 Å². The maximum Gasteiger partial charge on any atom is 0.131 e. The van der Waals surface area contributed by atoms with Gasteiger partial charge in [-0.1, -0.05) is 15.9 Å². The molecule has 0 amide bonds. The first-order valence-corrected chi connectivity index (χ1v) is 7.70. The van der Waals surface area contributed by atoms with Gasteiger partial charge in [-0.3, -0.25) is 4.68 Å². The summed E-state index contributed by atoms with van der Waals surface area (Å²) in [5.74, 6) is 1.28. The molecule has 1 atom stereocenters. The molecule has 0 N–H and O–H groups in total. The van der Waals surface area contributed by atoms with Crippen molar-refractivity contribution in [1.82, 2.24) is 14.7 Å². The highest BCUT2D eigenvalue weighted by Gasteiger charge is 2.25. The van der Waals surface area contributed by atoms with Crippen LogP contribution < -0.4 is 4.90 Å². The third-order valence-electron chi connectivity index (χ3n) is 3.77. The smallest absolute Gasteiger partial charge is 0.131 e. The summed E-state index contributed by atoms with van der Waals surface area (Å²) in [6.07, 6.45) is 1.22. The van der Waals surface area contributed by atoms with Crippen molar-refractivity contribution in [3.8, 4) is 0 Å². The lowest BCUT2D eigenvalue weighted by atomic mass is 10.2. The lowest BCUT2D eigenvalue weighted by molar-refractivity contribution is 0.336. The van der Waals surface area contributed by atoms with Crippen molar-refractivity contribution < 1.29 is 0 Å². The monoisotopic (exact) mass is 314 g/mol. The van der Waals surface area contributed by atoms with Crippen molar-refractivity contribution in [2.45, 2.75) is 31.6 Å². The molecule has 1 saturated heterocycles. The summed E-state index contributed by atoms with van der Waals surface area (Å²) in [4.78, 5) is 4.93. The van der Waals surface area contributed by atoms with E-state index in [2.05, 4.69) is 58.8 Å². The van der Waals surface area contributed by atoms with Gasteiger partial charge < -0.3 is 9.80 Å². The van der Waals surface area contributed by atoms with Gasteiger partial charge in [-0.05, 0) is 33.9 Å². The largest absolute Gasteiger partial charge is 0.353 e. The molecule has 1 aliphatic heterocycles. The SMILES string of the molecule is Cc1nn(C)c(N2CCCN(C)CC2C)c1CBr. The molecule has 0 spiro atoms. The molecule has 0 aliphatic carbocycles. The van der Waals surface area contributed by atoms with Crippen LogP contribution in [0, 0.1) is 6.92 Å². The number of halogens is 1. The third-order valence-corrected chi connectivity index (χ3v) is 4.33. The van der Waals surface area contributed by atoms with Crippen molar-refractivity contribution in [2.75, 3.05) is 31.6 Å².